The van der Waals surface area contributed by atoms with Crippen LogP contribution in [0, 0.1) is 5.92 Å². The molecule has 0 aliphatic heterocycles. The molecule has 0 spiro atoms. The molecular weight excluding hydrogens is 188 g/mol. The average molecular weight is 214 g/mol. The smallest absolute Gasteiger partial charge is 0.305 e. The fourth-order valence-electron chi connectivity index (χ4n) is 1.50. The fraction of sp³-hybridized carbons (Fsp3) is 0.923. The highest BCUT2D eigenvalue weighted by atomic mass is 16.5. The normalized spacial score (nSPS) is 12.5. The number of unbranched alkanes of at least 4 members (excludes halogenated alkanes) is 2. The minimum absolute atomic E-state index is 0.0215. The molecule has 0 unspecified atom stereocenters. The van der Waals surface area contributed by atoms with E-state index >= 15 is 0 Å². The Labute approximate surface area is 94.4 Å². The average Bonchev–Trinajstić information content (AvgIpc) is 2.26. The van der Waals surface area contributed by atoms with Crippen LogP contribution in [0.2, 0.25) is 0 Å². The Bertz CT molecular complexity index is 155. The maximum Gasteiger partial charge on any atom is 0.305 e. The molecule has 0 aliphatic carbocycles. The van der Waals surface area contributed by atoms with Gasteiger partial charge in [-0.15, -0.1) is 0 Å². The number of esters is 1. The molecule has 0 bridgehead atoms. The molecule has 90 valence electrons. The maximum atomic E-state index is 11.3. The summed E-state index contributed by atoms with van der Waals surface area (Å²) in [4.78, 5) is 11.3. The second-order valence-corrected chi connectivity index (χ2v) is 4.20. The van der Waals surface area contributed by atoms with E-state index in [0.717, 1.165) is 19.3 Å². The molecule has 0 fully saturated rings. The molecule has 0 amide bonds. The quantitative estimate of drug-likeness (QED) is 0.543. The topological polar surface area (TPSA) is 26.3 Å². The van der Waals surface area contributed by atoms with Crippen LogP contribution in [-0.2, 0) is 9.53 Å². The van der Waals surface area contributed by atoms with E-state index < -0.39 is 0 Å². The number of carbonyl (C=O) groups excluding carboxylic acids is 1. The van der Waals surface area contributed by atoms with Gasteiger partial charge in [0.05, 0.1) is 6.61 Å². The highest BCUT2D eigenvalue weighted by Crippen LogP contribution is 2.13. The van der Waals surface area contributed by atoms with Crippen LogP contribution in [0.25, 0.3) is 0 Å². The molecule has 0 heterocycles. The van der Waals surface area contributed by atoms with Crippen LogP contribution in [0.4, 0.5) is 0 Å². The molecule has 0 N–H and O–H groups in total. The lowest BCUT2D eigenvalue weighted by atomic mass is 10.0. The largest absolute Gasteiger partial charge is 0.465 e. The monoisotopic (exact) mass is 214 g/mol. The number of hydrogen-bond donors (Lipinski definition) is 0. The zero-order chi connectivity index (χ0) is 11.5. The van der Waals surface area contributed by atoms with Gasteiger partial charge in [0.2, 0.25) is 0 Å². The second kappa shape index (κ2) is 10.0. The molecule has 0 aromatic carbocycles. The fourth-order valence-corrected chi connectivity index (χ4v) is 1.50. The second-order valence-electron chi connectivity index (χ2n) is 4.20. The first kappa shape index (κ1) is 14.5. The summed E-state index contributed by atoms with van der Waals surface area (Å²) in [5.74, 6) is 0.544. The van der Waals surface area contributed by atoms with Crippen molar-refractivity contribution in [2.45, 2.75) is 65.7 Å². The first-order valence-electron chi connectivity index (χ1n) is 6.40. The third kappa shape index (κ3) is 8.46. The van der Waals surface area contributed by atoms with E-state index in [1.807, 2.05) is 0 Å². The molecular formula is C13H26O2. The van der Waals surface area contributed by atoms with E-state index in [0.29, 0.717) is 18.9 Å². The van der Waals surface area contributed by atoms with E-state index in [1.54, 1.807) is 0 Å². The lowest BCUT2D eigenvalue weighted by Gasteiger charge is -2.14. The van der Waals surface area contributed by atoms with Gasteiger partial charge in [-0.05, 0) is 18.8 Å². The molecule has 0 aromatic rings. The standard InChI is InChI=1S/C13H26O2/c1-4-7-9-12(6-3)11-15-13(14)10-8-5-2/h12H,4-11H2,1-3H3/t12-/m0/s1. The van der Waals surface area contributed by atoms with Gasteiger partial charge >= 0.3 is 5.97 Å². The van der Waals surface area contributed by atoms with Gasteiger partial charge in [-0.25, -0.2) is 0 Å². The number of ether oxygens (including phenoxy) is 1. The van der Waals surface area contributed by atoms with Crippen molar-refractivity contribution in [2.24, 2.45) is 5.92 Å². The number of hydrogen-bond acceptors (Lipinski definition) is 2. The lowest BCUT2D eigenvalue weighted by molar-refractivity contribution is -0.145. The summed E-state index contributed by atoms with van der Waals surface area (Å²) in [6.45, 7) is 7.07. The van der Waals surface area contributed by atoms with Gasteiger partial charge in [0.15, 0.2) is 0 Å². The van der Waals surface area contributed by atoms with Crippen molar-refractivity contribution in [1.82, 2.24) is 0 Å². The molecule has 0 saturated carbocycles. The Morgan fingerprint density at radius 1 is 1.13 bits per heavy atom. The van der Waals surface area contributed by atoms with Crippen LogP contribution >= 0.6 is 0 Å². The van der Waals surface area contributed by atoms with Crippen molar-refractivity contribution in [2.75, 3.05) is 6.61 Å². The van der Waals surface area contributed by atoms with E-state index in [4.69, 9.17) is 4.74 Å². The highest BCUT2D eigenvalue weighted by molar-refractivity contribution is 5.69. The van der Waals surface area contributed by atoms with Crippen molar-refractivity contribution < 1.29 is 9.53 Å². The van der Waals surface area contributed by atoms with Crippen molar-refractivity contribution in [3.63, 3.8) is 0 Å². The van der Waals surface area contributed by atoms with Gasteiger partial charge in [0.1, 0.15) is 0 Å². The molecule has 2 nitrogen and oxygen atoms in total. The SMILES string of the molecule is CCCCC(=O)OC[C@@H](CC)CCCC. The highest BCUT2D eigenvalue weighted by Gasteiger charge is 2.09. The van der Waals surface area contributed by atoms with Crippen LogP contribution < -0.4 is 0 Å². The first-order chi connectivity index (χ1) is 7.24. The minimum Gasteiger partial charge on any atom is -0.465 e. The van der Waals surface area contributed by atoms with E-state index in [2.05, 4.69) is 20.8 Å². The number of carbonyl (C=O) groups is 1. The van der Waals surface area contributed by atoms with Crippen LogP contribution in [0.15, 0.2) is 0 Å². The van der Waals surface area contributed by atoms with Gasteiger partial charge in [0, 0.05) is 6.42 Å². The van der Waals surface area contributed by atoms with Crippen LogP contribution in [-0.4, -0.2) is 12.6 Å². The predicted molar refractivity (Wildman–Crippen MR) is 63.8 cm³/mol. The Morgan fingerprint density at radius 3 is 2.33 bits per heavy atom. The predicted octanol–water partition coefficient (Wildman–Crippen LogP) is 3.94. The molecule has 1 atom stereocenters. The summed E-state index contributed by atoms with van der Waals surface area (Å²) in [5.41, 5.74) is 0. The van der Waals surface area contributed by atoms with Crippen molar-refractivity contribution in [3.8, 4) is 0 Å². The zero-order valence-electron chi connectivity index (χ0n) is 10.6. The summed E-state index contributed by atoms with van der Waals surface area (Å²) in [7, 11) is 0. The van der Waals surface area contributed by atoms with E-state index in [1.165, 1.54) is 19.3 Å². The van der Waals surface area contributed by atoms with E-state index in [-0.39, 0.29) is 5.97 Å². The molecule has 0 saturated heterocycles. The maximum absolute atomic E-state index is 11.3. The van der Waals surface area contributed by atoms with Crippen LogP contribution in [0.5, 0.6) is 0 Å². The third-order valence-electron chi connectivity index (χ3n) is 2.76. The molecule has 0 aliphatic rings. The molecule has 15 heavy (non-hydrogen) atoms. The van der Waals surface area contributed by atoms with E-state index in [9.17, 15) is 4.79 Å². The van der Waals surface area contributed by atoms with Crippen molar-refractivity contribution in [1.29, 1.82) is 0 Å². The summed E-state index contributed by atoms with van der Waals surface area (Å²) >= 11 is 0. The molecule has 0 aromatic heterocycles. The zero-order valence-corrected chi connectivity index (χ0v) is 10.6. The Kier molecular flexibility index (Phi) is 9.65. The molecule has 0 rings (SSSR count). The Hall–Kier alpha value is -0.530. The Morgan fingerprint density at radius 2 is 1.80 bits per heavy atom. The van der Waals surface area contributed by atoms with Gasteiger partial charge in [0.25, 0.3) is 0 Å². The van der Waals surface area contributed by atoms with Gasteiger partial charge in [-0.2, -0.15) is 0 Å². The summed E-state index contributed by atoms with van der Waals surface area (Å²) < 4.78 is 5.26. The van der Waals surface area contributed by atoms with Gasteiger partial charge in [-0.3, -0.25) is 4.79 Å². The van der Waals surface area contributed by atoms with Gasteiger partial charge < -0.3 is 4.74 Å². The van der Waals surface area contributed by atoms with Crippen molar-refractivity contribution >= 4 is 5.97 Å². The number of rotatable bonds is 9. The minimum atomic E-state index is -0.0215. The van der Waals surface area contributed by atoms with Crippen LogP contribution in [0.3, 0.4) is 0 Å². The summed E-state index contributed by atoms with van der Waals surface area (Å²) in [6, 6.07) is 0. The summed E-state index contributed by atoms with van der Waals surface area (Å²) in [5, 5.41) is 0. The van der Waals surface area contributed by atoms with Crippen LogP contribution in [0.1, 0.15) is 65.7 Å². The summed E-state index contributed by atoms with van der Waals surface area (Å²) in [6.07, 6.45) is 7.36. The first-order valence-corrected chi connectivity index (χ1v) is 6.40. The van der Waals surface area contributed by atoms with Crippen molar-refractivity contribution in [3.05, 3.63) is 0 Å². The lowest BCUT2D eigenvalue weighted by Crippen LogP contribution is -2.13. The molecule has 0 radical (unpaired) electrons. The third-order valence-corrected chi connectivity index (χ3v) is 2.76. The molecule has 2 heteroatoms. The Balaban J connectivity index is 3.55. The van der Waals surface area contributed by atoms with Gasteiger partial charge in [-0.1, -0.05) is 46.5 Å².